The van der Waals surface area contributed by atoms with Gasteiger partial charge >= 0.3 is 0 Å². The van der Waals surface area contributed by atoms with Crippen molar-refractivity contribution in [2.24, 2.45) is 11.8 Å². The number of carbonyl (C=O) groups is 1. The minimum atomic E-state index is -0.0162. The van der Waals surface area contributed by atoms with Crippen LogP contribution in [0.4, 0.5) is 0 Å². The lowest BCUT2D eigenvalue weighted by Gasteiger charge is -2.34. The lowest BCUT2D eigenvalue weighted by molar-refractivity contribution is -0.124. The van der Waals surface area contributed by atoms with Crippen molar-refractivity contribution < 1.29 is 9.53 Å². The van der Waals surface area contributed by atoms with Crippen LogP contribution in [0.25, 0.3) is 0 Å². The molecule has 3 atom stereocenters. The van der Waals surface area contributed by atoms with Crippen LogP contribution in [-0.4, -0.2) is 18.6 Å². The molecule has 1 aliphatic carbocycles. The molecule has 3 nitrogen and oxygen atoms in total. The number of amides is 1. The lowest BCUT2D eigenvalue weighted by Crippen LogP contribution is -2.45. The van der Waals surface area contributed by atoms with Crippen LogP contribution in [0.15, 0.2) is 24.3 Å². The van der Waals surface area contributed by atoms with E-state index in [0.29, 0.717) is 17.9 Å². The fourth-order valence-corrected chi connectivity index (χ4v) is 2.89. The number of carbonyl (C=O) groups excluding carboxylic acids is 1. The number of hydrogen-bond donors (Lipinski definition) is 1. The average molecular weight is 275 g/mol. The van der Waals surface area contributed by atoms with Gasteiger partial charge in [-0.1, -0.05) is 38.8 Å². The maximum atomic E-state index is 12.0. The maximum Gasteiger partial charge on any atom is 0.258 e. The van der Waals surface area contributed by atoms with Gasteiger partial charge in [0.25, 0.3) is 5.91 Å². The molecular weight excluding hydrogens is 250 g/mol. The zero-order chi connectivity index (χ0) is 14.5. The van der Waals surface area contributed by atoms with Crippen molar-refractivity contribution in [1.82, 2.24) is 5.32 Å². The Balaban J connectivity index is 1.80. The predicted octanol–water partition coefficient (Wildman–Crippen LogP) is 3.31. The van der Waals surface area contributed by atoms with E-state index in [1.807, 2.05) is 31.2 Å². The zero-order valence-corrected chi connectivity index (χ0v) is 12.7. The summed E-state index contributed by atoms with van der Waals surface area (Å²) in [5.74, 6) is 1.97. The molecule has 1 aliphatic rings. The number of ether oxygens (including phenoxy) is 1. The summed E-state index contributed by atoms with van der Waals surface area (Å²) in [6, 6.07) is 8.07. The summed E-state index contributed by atoms with van der Waals surface area (Å²) in [6.45, 7) is 6.61. The molecule has 0 bridgehead atoms. The first-order chi connectivity index (χ1) is 9.56. The van der Waals surface area contributed by atoms with Gasteiger partial charge in [-0.2, -0.15) is 0 Å². The molecule has 20 heavy (non-hydrogen) atoms. The van der Waals surface area contributed by atoms with Gasteiger partial charge in [0.2, 0.25) is 0 Å². The van der Waals surface area contributed by atoms with Gasteiger partial charge in [-0.05, 0) is 42.9 Å². The summed E-state index contributed by atoms with van der Waals surface area (Å²) in [7, 11) is 0. The average Bonchev–Trinajstić information content (AvgIpc) is 2.42. The van der Waals surface area contributed by atoms with E-state index in [2.05, 4.69) is 19.2 Å². The van der Waals surface area contributed by atoms with Gasteiger partial charge in [0.15, 0.2) is 6.61 Å². The number of aryl methyl sites for hydroxylation is 1. The molecule has 0 spiro atoms. The van der Waals surface area contributed by atoms with Crippen LogP contribution in [0.5, 0.6) is 5.75 Å². The second-order valence-electron chi connectivity index (χ2n) is 6.05. The van der Waals surface area contributed by atoms with Gasteiger partial charge in [0.05, 0.1) is 0 Å². The summed E-state index contributed by atoms with van der Waals surface area (Å²) in [6.07, 6.45) is 3.56. The highest BCUT2D eigenvalue weighted by Gasteiger charge is 2.28. The molecule has 1 amide bonds. The maximum absolute atomic E-state index is 12.0. The monoisotopic (exact) mass is 275 g/mol. The third-order valence-electron chi connectivity index (χ3n) is 4.41. The van der Waals surface area contributed by atoms with Gasteiger partial charge in [-0.3, -0.25) is 4.79 Å². The van der Waals surface area contributed by atoms with E-state index in [9.17, 15) is 4.79 Å². The van der Waals surface area contributed by atoms with E-state index in [-0.39, 0.29) is 12.5 Å². The molecule has 1 saturated carbocycles. The van der Waals surface area contributed by atoms with E-state index in [0.717, 1.165) is 17.7 Å². The number of rotatable bonds is 4. The van der Waals surface area contributed by atoms with Crippen LogP contribution < -0.4 is 10.1 Å². The van der Waals surface area contributed by atoms with Gasteiger partial charge in [0, 0.05) is 6.04 Å². The molecular formula is C17H25NO2. The molecule has 0 unspecified atom stereocenters. The molecule has 1 aromatic carbocycles. The fourth-order valence-electron chi connectivity index (χ4n) is 2.89. The Morgan fingerprint density at radius 2 is 2.15 bits per heavy atom. The highest BCUT2D eigenvalue weighted by molar-refractivity contribution is 5.77. The predicted molar refractivity (Wildman–Crippen MR) is 80.8 cm³/mol. The molecule has 0 radical (unpaired) electrons. The van der Waals surface area contributed by atoms with E-state index >= 15 is 0 Å². The summed E-state index contributed by atoms with van der Waals surface area (Å²) in [5.41, 5.74) is 1.14. The number of hydrogen-bond acceptors (Lipinski definition) is 2. The SMILES string of the molecule is Cc1cccc(OCC(=O)N[C@@H]2CCC[C@@H](C)[C@@H]2C)c1. The Kier molecular flexibility index (Phi) is 5.05. The van der Waals surface area contributed by atoms with E-state index < -0.39 is 0 Å². The minimum Gasteiger partial charge on any atom is -0.484 e. The Morgan fingerprint density at radius 1 is 1.35 bits per heavy atom. The third-order valence-corrected chi connectivity index (χ3v) is 4.41. The number of nitrogens with one attached hydrogen (secondary N) is 1. The Hall–Kier alpha value is -1.51. The first-order valence-electron chi connectivity index (χ1n) is 7.55. The molecule has 0 heterocycles. The largest absolute Gasteiger partial charge is 0.484 e. The van der Waals surface area contributed by atoms with Gasteiger partial charge in [-0.25, -0.2) is 0 Å². The van der Waals surface area contributed by atoms with Crippen molar-refractivity contribution in [3.05, 3.63) is 29.8 Å². The summed E-state index contributed by atoms with van der Waals surface area (Å²) in [5, 5.41) is 3.12. The van der Waals surface area contributed by atoms with Gasteiger partial charge in [-0.15, -0.1) is 0 Å². The second-order valence-corrected chi connectivity index (χ2v) is 6.05. The Bertz CT molecular complexity index is 458. The highest BCUT2D eigenvalue weighted by Crippen LogP contribution is 2.29. The smallest absolute Gasteiger partial charge is 0.258 e. The molecule has 1 N–H and O–H groups in total. The Morgan fingerprint density at radius 3 is 2.90 bits per heavy atom. The van der Waals surface area contributed by atoms with E-state index in [4.69, 9.17) is 4.74 Å². The van der Waals surface area contributed by atoms with E-state index in [1.165, 1.54) is 12.8 Å². The van der Waals surface area contributed by atoms with Crippen molar-refractivity contribution in [2.45, 2.75) is 46.1 Å². The van der Waals surface area contributed by atoms with Gasteiger partial charge < -0.3 is 10.1 Å². The van der Waals surface area contributed by atoms with Crippen LogP contribution in [0.3, 0.4) is 0 Å². The molecule has 0 aromatic heterocycles. The van der Waals surface area contributed by atoms with Crippen molar-refractivity contribution >= 4 is 5.91 Å². The van der Waals surface area contributed by atoms with Crippen LogP contribution in [0.1, 0.15) is 38.7 Å². The molecule has 110 valence electrons. The normalized spacial score (nSPS) is 26.1. The summed E-state index contributed by atoms with van der Waals surface area (Å²) in [4.78, 5) is 12.0. The lowest BCUT2D eigenvalue weighted by atomic mass is 9.78. The van der Waals surface area contributed by atoms with Crippen LogP contribution in [0.2, 0.25) is 0 Å². The zero-order valence-electron chi connectivity index (χ0n) is 12.7. The van der Waals surface area contributed by atoms with Crippen molar-refractivity contribution in [2.75, 3.05) is 6.61 Å². The first-order valence-corrected chi connectivity index (χ1v) is 7.55. The summed E-state index contributed by atoms with van der Waals surface area (Å²) < 4.78 is 5.54. The Labute approximate surface area is 121 Å². The van der Waals surface area contributed by atoms with Crippen molar-refractivity contribution in [1.29, 1.82) is 0 Å². The minimum absolute atomic E-state index is 0.0162. The second kappa shape index (κ2) is 6.78. The van der Waals surface area contributed by atoms with Gasteiger partial charge in [0.1, 0.15) is 5.75 Å². The quantitative estimate of drug-likeness (QED) is 0.915. The topological polar surface area (TPSA) is 38.3 Å². The molecule has 0 saturated heterocycles. The van der Waals surface area contributed by atoms with Crippen LogP contribution >= 0.6 is 0 Å². The van der Waals surface area contributed by atoms with Crippen molar-refractivity contribution in [3.63, 3.8) is 0 Å². The standard InChI is InChI=1S/C17H25NO2/c1-12-6-4-8-15(10-12)20-11-17(19)18-16-9-5-7-13(2)14(16)3/h4,6,8,10,13-14,16H,5,7,9,11H2,1-3H3,(H,18,19)/t13-,14+,16-/m1/s1. The highest BCUT2D eigenvalue weighted by atomic mass is 16.5. The number of benzene rings is 1. The first kappa shape index (κ1) is 14.9. The molecule has 1 fully saturated rings. The van der Waals surface area contributed by atoms with Crippen LogP contribution in [-0.2, 0) is 4.79 Å². The molecule has 1 aromatic rings. The van der Waals surface area contributed by atoms with Crippen molar-refractivity contribution in [3.8, 4) is 5.75 Å². The summed E-state index contributed by atoms with van der Waals surface area (Å²) >= 11 is 0. The van der Waals surface area contributed by atoms with E-state index in [1.54, 1.807) is 0 Å². The molecule has 2 rings (SSSR count). The fraction of sp³-hybridized carbons (Fsp3) is 0.588. The third kappa shape index (κ3) is 3.99. The molecule has 0 aliphatic heterocycles. The molecule has 3 heteroatoms. The van der Waals surface area contributed by atoms with Crippen LogP contribution in [0, 0.1) is 18.8 Å².